The molecule has 0 spiro atoms. The predicted molar refractivity (Wildman–Crippen MR) is 74.9 cm³/mol. The largest absolute Gasteiger partial charge is 0.462 e. The normalized spacial score (nSPS) is 12.3. The first-order chi connectivity index (χ1) is 9.78. The van der Waals surface area contributed by atoms with Gasteiger partial charge in [0.25, 0.3) is 0 Å². The fourth-order valence-electron chi connectivity index (χ4n) is 1.86. The second-order valence-electron chi connectivity index (χ2n) is 5.61. The molecular weight excluding hydrogens is 283 g/mol. The average Bonchev–Trinajstić information content (AvgIpc) is 2.68. The molecule has 0 aromatic carbocycles. The van der Waals surface area contributed by atoms with Crippen molar-refractivity contribution in [1.29, 1.82) is 0 Å². The molecule has 3 nitrogen and oxygen atoms in total. The van der Waals surface area contributed by atoms with Gasteiger partial charge in [0, 0.05) is 13.0 Å². The summed E-state index contributed by atoms with van der Waals surface area (Å²) in [6.45, 7) is 8.05. The number of furan rings is 1. The van der Waals surface area contributed by atoms with E-state index in [9.17, 15) is 13.2 Å². The van der Waals surface area contributed by atoms with Crippen LogP contribution in [0.15, 0.2) is 10.5 Å². The molecule has 0 fully saturated rings. The molecule has 0 saturated heterocycles. The number of hydrogen-bond donors (Lipinski definition) is 1. The number of rotatable bonds is 9. The van der Waals surface area contributed by atoms with Crippen LogP contribution in [0.5, 0.6) is 0 Å². The lowest BCUT2D eigenvalue weighted by molar-refractivity contribution is -0.138. The maximum atomic E-state index is 12.0. The van der Waals surface area contributed by atoms with Crippen molar-refractivity contribution in [3.8, 4) is 0 Å². The smallest absolute Gasteiger partial charge is 0.389 e. The highest BCUT2D eigenvalue weighted by Gasteiger charge is 2.25. The molecule has 0 saturated carbocycles. The molecule has 1 heterocycles. The number of ether oxygens (including phenoxy) is 1. The van der Waals surface area contributed by atoms with Crippen molar-refractivity contribution in [2.24, 2.45) is 5.92 Å². The lowest BCUT2D eigenvalue weighted by atomic mass is 10.2. The summed E-state index contributed by atoms with van der Waals surface area (Å²) in [7, 11) is 0. The minimum atomic E-state index is -4.11. The maximum Gasteiger partial charge on any atom is 0.389 e. The van der Waals surface area contributed by atoms with Crippen molar-refractivity contribution in [3.63, 3.8) is 0 Å². The van der Waals surface area contributed by atoms with Gasteiger partial charge in [-0.1, -0.05) is 13.8 Å². The van der Waals surface area contributed by atoms with Gasteiger partial charge in [-0.3, -0.25) is 0 Å². The molecule has 0 amide bonds. The second kappa shape index (κ2) is 8.44. The number of aryl methyl sites for hydroxylation is 1. The lowest BCUT2D eigenvalue weighted by Crippen LogP contribution is -2.18. The summed E-state index contributed by atoms with van der Waals surface area (Å²) in [5.74, 6) is 2.07. The fraction of sp³-hybridized carbons (Fsp3) is 0.733. The van der Waals surface area contributed by atoms with Crippen LogP contribution in [-0.2, 0) is 17.9 Å². The van der Waals surface area contributed by atoms with Gasteiger partial charge in [0.1, 0.15) is 18.1 Å². The molecule has 122 valence electrons. The predicted octanol–water partition coefficient (Wildman–Crippen LogP) is 4.19. The van der Waals surface area contributed by atoms with Crippen LogP contribution in [0, 0.1) is 12.8 Å². The first kappa shape index (κ1) is 18.0. The highest BCUT2D eigenvalue weighted by atomic mass is 19.4. The average molecular weight is 307 g/mol. The molecule has 1 aromatic heterocycles. The first-order valence-electron chi connectivity index (χ1n) is 7.21. The van der Waals surface area contributed by atoms with Gasteiger partial charge in [0.05, 0.1) is 6.54 Å². The van der Waals surface area contributed by atoms with Gasteiger partial charge in [-0.15, -0.1) is 0 Å². The van der Waals surface area contributed by atoms with E-state index in [1.807, 2.05) is 13.0 Å². The summed E-state index contributed by atoms with van der Waals surface area (Å²) < 4.78 is 46.7. The summed E-state index contributed by atoms with van der Waals surface area (Å²) in [6.07, 6.45) is -4.94. The van der Waals surface area contributed by atoms with E-state index in [4.69, 9.17) is 9.15 Å². The highest BCUT2D eigenvalue weighted by Crippen LogP contribution is 2.21. The molecule has 0 unspecified atom stereocenters. The summed E-state index contributed by atoms with van der Waals surface area (Å²) in [6, 6.07) is 1.87. The Bertz CT molecular complexity index is 414. The highest BCUT2D eigenvalue weighted by molar-refractivity contribution is 5.19. The van der Waals surface area contributed by atoms with Crippen LogP contribution < -0.4 is 5.32 Å². The lowest BCUT2D eigenvalue weighted by Gasteiger charge is -2.06. The Morgan fingerprint density at radius 2 is 2.05 bits per heavy atom. The van der Waals surface area contributed by atoms with Crippen molar-refractivity contribution in [2.75, 3.05) is 13.2 Å². The van der Waals surface area contributed by atoms with E-state index in [1.54, 1.807) is 0 Å². The topological polar surface area (TPSA) is 34.4 Å². The summed E-state index contributed by atoms with van der Waals surface area (Å²) in [4.78, 5) is 0. The molecule has 6 heteroatoms. The van der Waals surface area contributed by atoms with Gasteiger partial charge in [-0.25, -0.2) is 0 Å². The van der Waals surface area contributed by atoms with Crippen LogP contribution in [-0.4, -0.2) is 19.3 Å². The second-order valence-corrected chi connectivity index (χ2v) is 5.61. The molecule has 1 aromatic rings. The number of alkyl halides is 3. The maximum absolute atomic E-state index is 12.0. The van der Waals surface area contributed by atoms with Crippen molar-refractivity contribution in [1.82, 2.24) is 5.32 Å². The minimum Gasteiger partial charge on any atom is -0.462 e. The van der Waals surface area contributed by atoms with Gasteiger partial charge in [0.15, 0.2) is 0 Å². The van der Waals surface area contributed by atoms with Crippen LogP contribution in [0.25, 0.3) is 0 Å². The number of nitrogens with one attached hydrogen (secondary N) is 1. The summed E-state index contributed by atoms with van der Waals surface area (Å²) in [5, 5.41) is 3.29. The van der Waals surface area contributed by atoms with Gasteiger partial charge >= 0.3 is 6.18 Å². The Morgan fingerprint density at radius 1 is 1.33 bits per heavy atom. The summed E-state index contributed by atoms with van der Waals surface area (Å²) >= 11 is 0. The SMILES string of the molecule is Cc1cc(COCCCC(F)(F)F)oc1CNCC(C)C. The number of hydrogen-bond acceptors (Lipinski definition) is 3. The molecule has 0 radical (unpaired) electrons. The minimum absolute atomic E-state index is 0.0218. The third kappa shape index (κ3) is 8.12. The monoisotopic (exact) mass is 307 g/mol. The van der Waals surface area contributed by atoms with Crippen LogP contribution >= 0.6 is 0 Å². The molecule has 1 rings (SSSR count). The van der Waals surface area contributed by atoms with E-state index in [0.29, 0.717) is 18.2 Å². The van der Waals surface area contributed by atoms with E-state index < -0.39 is 12.6 Å². The van der Waals surface area contributed by atoms with Crippen molar-refractivity contribution >= 4 is 0 Å². The molecule has 0 aliphatic heterocycles. The van der Waals surface area contributed by atoms with Crippen LogP contribution in [0.2, 0.25) is 0 Å². The van der Waals surface area contributed by atoms with Gasteiger partial charge in [-0.2, -0.15) is 13.2 Å². The molecule has 1 N–H and O–H groups in total. The third-order valence-electron chi connectivity index (χ3n) is 2.90. The zero-order chi connectivity index (χ0) is 15.9. The van der Waals surface area contributed by atoms with E-state index in [2.05, 4.69) is 19.2 Å². The zero-order valence-corrected chi connectivity index (χ0v) is 12.8. The third-order valence-corrected chi connectivity index (χ3v) is 2.90. The Balaban J connectivity index is 2.27. The van der Waals surface area contributed by atoms with Crippen LogP contribution in [0.1, 0.15) is 43.8 Å². The van der Waals surface area contributed by atoms with Gasteiger partial charge in [-0.05, 0) is 37.4 Å². The molecule has 0 aliphatic rings. The van der Waals surface area contributed by atoms with Gasteiger partial charge < -0.3 is 14.5 Å². The van der Waals surface area contributed by atoms with E-state index in [0.717, 1.165) is 17.9 Å². The Kier molecular flexibility index (Phi) is 7.25. The van der Waals surface area contributed by atoms with Crippen LogP contribution in [0.3, 0.4) is 0 Å². The standard InChI is InChI=1S/C15H24F3NO2/c1-11(2)8-19-9-14-12(3)7-13(21-14)10-20-6-4-5-15(16,17)18/h7,11,19H,4-6,8-10H2,1-3H3. The molecule has 0 bridgehead atoms. The molecule has 21 heavy (non-hydrogen) atoms. The van der Waals surface area contributed by atoms with Crippen molar-refractivity contribution in [3.05, 3.63) is 23.2 Å². The number of halogens is 3. The molecule has 0 aliphatic carbocycles. The van der Waals surface area contributed by atoms with Crippen molar-refractivity contribution < 1.29 is 22.3 Å². The Morgan fingerprint density at radius 3 is 2.67 bits per heavy atom. The summed E-state index contributed by atoms with van der Waals surface area (Å²) in [5.41, 5.74) is 1.03. The van der Waals surface area contributed by atoms with E-state index in [1.165, 1.54) is 0 Å². The molecular formula is C15H24F3NO2. The Labute approximate surface area is 123 Å². The molecule has 0 atom stereocenters. The van der Waals surface area contributed by atoms with Gasteiger partial charge in [0.2, 0.25) is 0 Å². The van der Waals surface area contributed by atoms with Crippen LogP contribution in [0.4, 0.5) is 13.2 Å². The van der Waals surface area contributed by atoms with E-state index >= 15 is 0 Å². The zero-order valence-electron chi connectivity index (χ0n) is 12.8. The first-order valence-corrected chi connectivity index (χ1v) is 7.21. The fourth-order valence-corrected chi connectivity index (χ4v) is 1.86. The van der Waals surface area contributed by atoms with E-state index in [-0.39, 0.29) is 19.6 Å². The Hall–Kier alpha value is -1.01. The van der Waals surface area contributed by atoms with Crippen molar-refractivity contribution in [2.45, 2.75) is 52.9 Å². The quantitative estimate of drug-likeness (QED) is 0.695.